The third kappa shape index (κ3) is 5.38. The van der Waals surface area contributed by atoms with Crippen LogP contribution in [0.1, 0.15) is 60.3 Å². The standard InChI is InChI=1S/C15H26O2/c1-11(8-9-15(3,4)5)6-7-13-10-12(2)17-14(13)16/h7,11-12H,6,8-10H2,1-5H3/t11?,12-/m1/s1. The minimum Gasteiger partial charge on any atom is -0.459 e. The van der Waals surface area contributed by atoms with Crippen LogP contribution in [0.15, 0.2) is 11.6 Å². The molecule has 0 bridgehead atoms. The van der Waals surface area contributed by atoms with Crippen LogP contribution in [0.4, 0.5) is 0 Å². The smallest absolute Gasteiger partial charge is 0.334 e. The number of ether oxygens (including phenoxy) is 1. The average molecular weight is 238 g/mol. The first-order valence-corrected chi connectivity index (χ1v) is 6.68. The molecule has 0 spiro atoms. The van der Waals surface area contributed by atoms with E-state index in [4.69, 9.17) is 4.74 Å². The molecule has 1 unspecified atom stereocenters. The first kappa shape index (κ1) is 14.3. The Bertz CT molecular complexity index is 297. The molecule has 0 N–H and O–H groups in total. The van der Waals surface area contributed by atoms with Crippen LogP contribution in [0.25, 0.3) is 0 Å². The van der Waals surface area contributed by atoms with Crippen molar-refractivity contribution in [2.75, 3.05) is 0 Å². The maximum absolute atomic E-state index is 11.4. The molecule has 2 atom stereocenters. The summed E-state index contributed by atoms with van der Waals surface area (Å²) in [5.74, 6) is 0.533. The van der Waals surface area contributed by atoms with Gasteiger partial charge in [0.1, 0.15) is 6.10 Å². The van der Waals surface area contributed by atoms with Crippen LogP contribution in [-0.4, -0.2) is 12.1 Å². The fraction of sp³-hybridized carbons (Fsp3) is 0.800. The Kier molecular flexibility index (Phi) is 4.79. The fourth-order valence-corrected chi connectivity index (χ4v) is 2.00. The number of rotatable bonds is 4. The molecular formula is C15H26O2. The molecular weight excluding hydrogens is 212 g/mol. The highest BCUT2D eigenvalue weighted by atomic mass is 16.5. The maximum atomic E-state index is 11.4. The zero-order valence-corrected chi connectivity index (χ0v) is 11.9. The monoisotopic (exact) mass is 238 g/mol. The largest absolute Gasteiger partial charge is 0.459 e. The van der Waals surface area contributed by atoms with Crippen LogP contribution < -0.4 is 0 Å². The number of carbonyl (C=O) groups excluding carboxylic acids is 1. The summed E-state index contributed by atoms with van der Waals surface area (Å²) in [6.07, 6.45) is 6.38. The molecule has 0 saturated carbocycles. The van der Waals surface area contributed by atoms with Crippen LogP contribution in [0.5, 0.6) is 0 Å². The number of cyclic esters (lactones) is 1. The highest BCUT2D eigenvalue weighted by Crippen LogP contribution is 2.26. The lowest BCUT2D eigenvalue weighted by Gasteiger charge is -2.20. The van der Waals surface area contributed by atoms with Crippen molar-refractivity contribution >= 4 is 5.97 Å². The van der Waals surface area contributed by atoms with Gasteiger partial charge in [-0.25, -0.2) is 4.79 Å². The summed E-state index contributed by atoms with van der Waals surface area (Å²) in [5.41, 5.74) is 1.28. The van der Waals surface area contributed by atoms with E-state index < -0.39 is 0 Å². The molecule has 0 radical (unpaired) electrons. The zero-order valence-electron chi connectivity index (χ0n) is 11.9. The van der Waals surface area contributed by atoms with Crippen molar-refractivity contribution in [3.05, 3.63) is 11.6 Å². The molecule has 0 aromatic carbocycles. The lowest BCUT2D eigenvalue weighted by Crippen LogP contribution is -2.07. The second-order valence-corrected chi connectivity index (χ2v) is 6.59. The molecule has 0 aromatic heterocycles. The first-order valence-electron chi connectivity index (χ1n) is 6.68. The Balaban J connectivity index is 2.35. The van der Waals surface area contributed by atoms with Gasteiger partial charge >= 0.3 is 5.97 Å². The summed E-state index contributed by atoms with van der Waals surface area (Å²) in [7, 11) is 0. The Morgan fingerprint density at radius 2 is 2.12 bits per heavy atom. The summed E-state index contributed by atoms with van der Waals surface area (Å²) < 4.78 is 5.11. The summed E-state index contributed by atoms with van der Waals surface area (Å²) in [5, 5.41) is 0. The Morgan fingerprint density at radius 3 is 2.59 bits per heavy atom. The van der Waals surface area contributed by atoms with Gasteiger partial charge in [0.05, 0.1) is 0 Å². The van der Waals surface area contributed by atoms with Crippen molar-refractivity contribution < 1.29 is 9.53 Å². The molecule has 1 saturated heterocycles. The van der Waals surface area contributed by atoms with Gasteiger partial charge in [0.15, 0.2) is 0 Å². The van der Waals surface area contributed by atoms with Gasteiger partial charge < -0.3 is 4.74 Å². The third-order valence-electron chi connectivity index (χ3n) is 3.23. The summed E-state index contributed by atoms with van der Waals surface area (Å²) >= 11 is 0. The van der Waals surface area contributed by atoms with Gasteiger partial charge in [-0.15, -0.1) is 0 Å². The number of allylic oxidation sites excluding steroid dienone is 1. The number of hydrogen-bond donors (Lipinski definition) is 0. The van der Waals surface area contributed by atoms with Crippen molar-refractivity contribution in [3.8, 4) is 0 Å². The van der Waals surface area contributed by atoms with E-state index in [9.17, 15) is 4.79 Å². The Hall–Kier alpha value is -0.790. The van der Waals surface area contributed by atoms with Crippen molar-refractivity contribution in [3.63, 3.8) is 0 Å². The maximum Gasteiger partial charge on any atom is 0.334 e. The molecule has 1 rings (SSSR count). The van der Waals surface area contributed by atoms with E-state index >= 15 is 0 Å². The van der Waals surface area contributed by atoms with Gasteiger partial charge in [-0.3, -0.25) is 0 Å². The number of hydrogen-bond acceptors (Lipinski definition) is 2. The van der Waals surface area contributed by atoms with Gasteiger partial charge in [0, 0.05) is 12.0 Å². The third-order valence-corrected chi connectivity index (χ3v) is 3.23. The molecule has 2 heteroatoms. The van der Waals surface area contributed by atoms with Gasteiger partial charge in [-0.2, -0.15) is 0 Å². The highest BCUT2D eigenvalue weighted by molar-refractivity contribution is 5.90. The number of esters is 1. The van der Waals surface area contributed by atoms with E-state index in [2.05, 4.69) is 33.8 Å². The SMILES string of the molecule is CC(CC=C1C[C@@H](C)OC1=O)CCC(C)(C)C. The Labute approximate surface area is 105 Å². The predicted octanol–water partition coefficient (Wildman–Crippen LogP) is 4.10. The minimum atomic E-state index is -0.111. The van der Waals surface area contributed by atoms with Crippen molar-refractivity contribution in [2.24, 2.45) is 11.3 Å². The number of carbonyl (C=O) groups is 1. The van der Waals surface area contributed by atoms with Gasteiger partial charge in [0.2, 0.25) is 0 Å². The van der Waals surface area contributed by atoms with Crippen molar-refractivity contribution in [2.45, 2.75) is 66.4 Å². The fourth-order valence-electron chi connectivity index (χ4n) is 2.00. The van der Waals surface area contributed by atoms with Gasteiger partial charge in [-0.1, -0.05) is 33.8 Å². The molecule has 1 heterocycles. The van der Waals surface area contributed by atoms with E-state index in [0.717, 1.165) is 18.4 Å². The molecule has 17 heavy (non-hydrogen) atoms. The van der Waals surface area contributed by atoms with Crippen molar-refractivity contribution in [1.82, 2.24) is 0 Å². The highest BCUT2D eigenvalue weighted by Gasteiger charge is 2.25. The molecule has 1 fully saturated rings. The molecule has 0 aromatic rings. The average Bonchev–Trinajstić information content (AvgIpc) is 2.50. The normalized spacial score (nSPS) is 25.1. The van der Waals surface area contributed by atoms with E-state index in [1.54, 1.807) is 0 Å². The van der Waals surface area contributed by atoms with Gasteiger partial charge in [-0.05, 0) is 37.5 Å². The lowest BCUT2D eigenvalue weighted by atomic mass is 9.86. The molecule has 1 aliphatic rings. The topological polar surface area (TPSA) is 26.3 Å². The van der Waals surface area contributed by atoms with Crippen LogP contribution in [-0.2, 0) is 9.53 Å². The lowest BCUT2D eigenvalue weighted by molar-refractivity contribution is -0.138. The van der Waals surface area contributed by atoms with E-state index in [-0.39, 0.29) is 12.1 Å². The van der Waals surface area contributed by atoms with Crippen LogP contribution in [0.3, 0.4) is 0 Å². The zero-order chi connectivity index (χ0) is 13.1. The Morgan fingerprint density at radius 1 is 1.47 bits per heavy atom. The van der Waals surface area contributed by atoms with E-state index in [1.165, 1.54) is 12.8 Å². The molecule has 2 nitrogen and oxygen atoms in total. The molecule has 1 aliphatic heterocycles. The quantitative estimate of drug-likeness (QED) is 0.544. The molecule has 98 valence electrons. The molecule has 0 amide bonds. The van der Waals surface area contributed by atoms with Crippen LogP contribution >= 0.6 is 0 Å². The summed E-state index contributed by atoms with van der Waals surface area (Å²) in [6, 6.07) is 0. The van der Waals surface area contributed by atoms with Crippen LogP contribution in [0, 0.1) is 11.3 Å². The van der Waals surface area contributed by atoms with E-state index in [0.29, 0.717) is 11.3 Å². The summed E-state index contributed by atoms with van der Waals surface area (Å²) in [6.45, 7) is 11.0. The molecule has 0 aliphatic carbocycles. The predicted molar refractivity (Wildman–Crippen MR) is 70.7 cm³/mol. The van der Waals surface area contributed by atoms with Crippen molar-refractivity contribution in [1.29, 1.82) is 0 Å². The van der Waals surface area contributed by atoms with Gasteiger partial charge in [0.25, 0.3) is 0 Å². The minimum absolute atomic E-state index is 0.0682. The van der Waals surface area contributed by atoms with Crippen LogP contribution in [0.2, 0.25) is 0 Å². The first-order chi connectivity index (χ1) is 7.78. The summed E-state index contributed by atoms with van der Waals surface area (Å²) in [4.78, 5) is 11.4. The second kappa shape index (κ2) is 5.70. The second-order valence-electron chi connectivity index (χ2n) is 6.59. The van der Waals surface area contributed by atoms with E-state index in [1.807, 2.05) is 6.92 Å².